The van der Waals surface area contributed by atoms with E-state index in [2.05, 4.69) is 43.6 Å². The number of halogens is 1. The van der Waals surface area contributed by atoms with E-state index in [1.807, 2.05) is 54.4 Å². The Morgan fingerprint density at radius 1 is 1.00 bits per heavy atom. The molecule has 5 nitrogen and oxygen atoms in total. The van der Waals surface area contributed by atoms with E-state index in [4.69, 9.17) is 0 Å². The highest BCUT2D eigenvalue weighted by atomic mass is 79.9. The van der Waals surface area contributed by atoms with Crippen LogP contribution >= 0.6 is 15.9 Å². The average Bonchev–Trinajstić information content (AvgIpc) is 2.63. The standard InChI is InChI=1S/C19H17BrN4O/c1-24(13-14-7-3-2-4-8-14)18-12-11-17(22-23-18)21-19(25)15-9-5-6-10-16(15)20/h2-12H,13H2,1H3,(H,21,22,25). The van der Waals surface area contributed by atoms with Crippen LogP contribution in [0.3, 0.4) is 0 Å². The van der Waals surface area contributed by atoms with Crippen molar-refractivity contribution < 1.29 is 4.79 Å². The number of carbonyl (C=O) groups excluding carboxylic acids is 1. The average molecular weight is 397 g/mol. The Labute approximate surface area is 154 Å². The Morgan fingerprint density at radius 3 is 2.40 bits per heavy atom. The summed E-state index contributed by atoms with van der Waals surface area (Å²) >= 11 is 3.37. The lowest BCUT2D eigenvalue weighted by molar-refractivity contribution is 0.102. The van der Waals surface area contributed by atoms with Crippen LogP contribution in [-0.2, 0) is 6.54 Å². The zero-order valence-electron chi connectivity index (χ0n) is 13.7. The van der Waals surface area contributed by atoms with Gasteiger partial charge in [-0.1, -0.05) is 42.5 Å². The minimum absolute atomic E-state index is 0.229. The number of carbonyl (C=O) groups is 1. The highest BCUT2D eigenvalue weighted by molar-refractivity contribution is 9.10. The first-order chi connectivity index (χ1) is 12.1. The Kier molecular flexibility index (Phi) is 5.40. The van der Waals surface area contributed by atoms with Gasteiger partial charge in [0.05, 0.1) is 5.56 Å². The second-order valence-corrected chi connectivity index (χ2v) is 6.41. The highest BCUT2D eigenvalue weighted by Crippen LogP contribution is 2.18. The van der Waals surface area contributed by atoms with E-state index in [0.29, 0.717) is 11.4 Å². The molecule has 0 bridgehead atoms. The van der Waals surface area contributed by atoms with Crippen molar-refractivity contribution in [3.8, 4) is 0 Å². The molecule has 0 radical (unpaired) electrons. The van der Waals surface area contributed by atoms with Crippen molar-refractivity contribution in [1.29, 1.82) is 0 Å². The van der Waals surface area contributed by atoms with E-state index in [1.54, 1.807) is 12.1 Å². The largest absolute Gasteiger partial charge is 0.354 e. The number of benzene rings is 2. The van der Waals surface area contributed by atoms with Crippen molar-refractivity contribution >= 4 is 33.5 Å². The Bertz CT molecular complexity index is 853. The van der Waals surface area contributed by atoms with E-state index in [1.165, 1.54) is 5.56 Å². The van der Waals surface area contributed by atoms with Gasteiger partial charge in [-0.25, -0.2) is 0 Å². The van der Waals surface area contributed by atoms with Gasteiger partial charge >= 0.3 is 0 Å². The first kappa shape index (κ1) is 17.1. The monoisotopic (exact) mass is 396 g/mol. The maximum Gasteiger partial charge on any atom is 0.258 e. The molecular formula is C19H17BrN4O. The molecule has 0 aliphatic carbocycles. The van der Waals surface area contributed by atoms with Gasteiger partial charge < -0.3 is 10.2 Å². The van der Waals surface area contributed by atoms with Gasteiger partial charge in [-0.15, -0.1) is 10.2 Å². The molecule has 0 atom stereocenters. The molecule has 3 aromatic rings. The van der Waals surface area contributed by atoms with Gasteiger partial charge in [0.2, 0.25) is 0 Å². The van der Waals surface area contributed by atoms with Gasteiger partial charge in [0.1, 0.15) is 0 Å². The van der Waals surface area contributed by atoms with Crippen molar-refractivity contribution in [2.45, 2.75) is 6.54 Å². The third kappa shape index (κ3) is 4.42. The molecule has 0 unspecified atom stereocenters. The van der Waals surface area contributed by atoms with Crippen molar-refractivity contribution in [3.63, 3.8) is 0 Å². The van der Waals surface area contributed by atoms with E-state index in [9.17, 15) is 4.79 Å². The smallest absolute Gasteiger partial charge is 0.258 e. The van der Waals surface area contributed by atoms with Gasteiger partial charge in [-0.2, -0.15) is 0 Å². The van der Waals surface area contributed by atoms with Crippen LogP contribution in [0.1, 0.15) is 15.9 Å². The Morgan fingerprint density at radius 2 is 1.72 bits per heavy atom. The fourth-order valence-electron chi connectivity index (χ4n) is 2.36. The van der Waals surface area contributed by atoms with Gasteiger partial charge in [-0.3, -0.25) is 4.79 Å². The molecule has 6 heteroatoms. The van der Waals surface area contributed by atoms with Crippen LogP contribution < -0.4 is 10.2 Å². The maximum absolute atomic E-state index is 12.3. The summed E-state index contributed by atoms with van der Waals surface area (Å²) in [7, 11) is 1.95. The SMILES string of the molecule is CN(Cc1ccccc1)c1ccc(NC(=O)c2ccccc2Br)nn1. The van der Waals surface area contributed by atoms with Crippen LogP contribution in [0.5, 0.6) is 0 Å². The predicted molar refractivity (Wildman–Crippen MR) is 103 cm³/mol. The van der Waals surface area contributed by atoms with Gasteiger partial charge in [-0.05, 0) is 45.8 Å². The third-order valence-corrected chi connectivity index (χ3v) is 4.36. The lowest BCUT2D eigenvalue weighted by Crippen LogP contribution is -2.19. The van der Waals surface area contributed by atoms with Crippen molar-refractivity contribution in [2.24, 2.45) is 0 Å². The molecule has 0 spiro atoms. The summed E-state index contributed by atoms with van der Waals surface area (Å²) in [5.74, 6) is 0.924. The lowest BCUT2D eigenvalue weighted by atomic mass is 10.2. The Balaban J connectivity index is 1.66. The second-order valence-electron chi connectivity index (χ2n) is 5.55. The summed E-state index contributed by atoms with van der Waals surface area (Å²) in [5.41, 5.74) is 1.74. The fourth-order valence-corrected chi connectivity index (χ4v) is 2.83. The van der Waals surface area contributed by atoms with E-state index in [0.717, 1.165) is 16.8 Å². The number of rotatable bonds is 5. The molecule has 0 aliphatic rings. The fraction of sp³-hybridized carbons (Fsp3) is 0.105. The van der Waals surface area contributed by atoms with Crippen LogP contribution in [0.4, 0.5) is 11.6 Å². The first-order valence-electron chi connectivity index (χ1n) is 7.78. The summed E-state index contributed by atoms with van der Waals surface area (Å²) in [6.45, 7) is 0.734. The zero-order valence-corrected chi connectivity index (χ0v) is 15.3. The van der Waals surface area contributed by atoms with Gasteiger partial charge in [0, 0.05) is 18.1 Å². The number of nitrogens with zero attached hydrogens (tertiary/aromatic N) is 3. The molecule has 1 heterocycles. The molecule has 2 aromatic carbocycles. The summed E-state index contributed by atoms with van der Waals surface area (Å²) in [5, 5.41) is 11.0. The molecule has 0 fully saturated rings. The topological polar surface area (TPSA) is 58.1 Å². The number of amides is 1. The van der Waals surface area contributed by atoms with E-state index in [-0.39, 0.29) is 5.91 Å². The molecule has 1 aromatic heterocycles. The molecule has 0 saturated carbocycles. The molecule has 0 aliphatic heterocycles. The van der Waals surface area contributed by atoms with Crippen molar-refractivity contribution in [3.05, 3.63) is 82.3 Å². The number of aromatic nitrogens is 2. The molecule has 0 saturated heterocycles. The zero-order chi connectivity index (χ0) is 17.6. The summed E-state index contributed by atoms with van der Waals surface area (Å²) < 4.78 is 0.736. The van der Waals surface area contributed by atoms with Crippen molar-refractivity contribution in [1.82, 2.24) is 10.2 Å². The lowest BCUT2D eigenvalue weighted by Gasteiger charge is -2.17. The van der Waals surface area contributed by atoms with Crippen LogP contribution in [0.25, 0.3) is 0 Å². The molecule has 126 valence electrons. The molecular weight excluding hydrogens is 380 g/mol. The summed E-state index contributed by atoms with van der Waals surface area (Å²) in [4.78, 5) is 14.3. The van der Waals surface area contributed by atoms with Crippen LogP contribution in [0.2, 0.25) is 0 Å². The number of hydrogen-bond donors (Lipinski definition) is 1. The third-order valence-electron chi connectivity index (χ3n) is 3.66. The minimum atomic E-state index is -0.229. The normalized spacial score (nSPS) is 10.3. The van der Waals surface area contributed by atoms with Crippen LogP contribution in [-0.4, -0.2) is 23.2 Å². The second kappa shape index (κ2) is 7.90. The quantitative estimate of drug-likeness (QED) is 0.704. The number of hydrogen-bond acceptors (Lipinski definition) is 4. The summed E-state index contributed by atoms with van der Waals surface area (Å²) in [6.07, 6.45) is 0. The maximum atomic E-state index is 12.3. The van der Waals surface area contributed by atoms with E-state index < -0.39 is 0 Å². The molecule has 1 N–H and O–H groups in total. The minimum Gasteiger partial charge on any atom is -0.354 e. The molecule has 25 heavy (non-hydrogen) atoms. The molecule has 1 amide bonds. The van der Waals surface area contributed by atoms with E-state index >= 15 is 0 Å². The number of anilines is 2. The van der Waals surface area contributed by atoms with Crippen LogP contribution in [0, 0.1) is 0 Å². The van der Waals surface area contributed by atoms with Crippen molar-refractivity contribution in [2.75, 3.05) is 17.3 Å². The highest BCUT2D eigenvalue weighted by Gasteiger charge is 2.11. The Hall–Kier alpha value is -2.73. The summed E-state index contributed by atoms with van der Waals surface area (Å²) in [6, 6.07) is 21.0. The number of nitrogens with one attached hydrogen (secondary N) is 1. The predicted octanol–water partition coefficient (Wildman–Crippen LogP) is 4.13. The van der Waals surface area contributed by atoms with Gasteiger partial charge in [0.15, 0.2) is 11.6 Å². The van der Waals surface area contributed by atoms with Crippen LogP contribution in [0.15, 0.2) is 71.2 Å². The molecule has 3 rings (SSSR count). The first-order valence-corrected chi connectivity index (χ1v) is 8.57. The van der Waals surface area contributed by atoms with Gasteiger partial charge in [0.25, 0.3) is 5.91 Å².